The molecule has 0 amide bonds. The average Bonchev–Trinajstić information content (AvgIpc) is 2.61. The van der Waals surface area contributed by atoms with Gasteiger partial charge >= 0.3 is 0 Å². The van der Waals surface area contributed by atoms with Crippen LogP contribution in [0.3, 0.4) is 0 Å². The number of carbonyl (C=O) groups is 1. The van der Waals surface area contributed by atoms with Gasteiger partial charge in [0, 0.05) is 16.7 Å². The number of Topliss-reactive ketones (excluding diaryl/α,β-unsaturated/α-hetero) is 1. The van der Waals surface area contributed by atoms with E-state index in [1.807, 2.05) is 35.2 Å². The van der Waals surface area contributed by atoms with Crippen molar-refractivity contribution in [1.29, 1.82) is 5.26 Å². The number of nitrogens with zero attached hydrogens (tertiary/aromatic N) is 2. The lowest BCUT2D eigenvalue weighted by atomic mass is 10.1. The number of rotatable bonds is 1. The van der Waals surface area contributed by atoms with Crippen LogP contribution in [0.4, 0.5) is 5.69 Å². The average molecular weight is 265 g/mol. The van der Waals surface area contributed by atoms with Crippen molar-refractivity contribution in [1.82, 2.24) is 0 Å². The third-order valence-electron chi connectivity index (χ3n) is 2.49. The normalized spacial score (nSPS) is 20.4. The molecule has 3 nitrogen and oxygen atoms in total. The van der Waals surface area contributed by atoms with Gasteiger partial charge in [-0.2, -0.15) is 5.26 Å². The molecule has 0 radical (unpaired) electrons. The van der Waals surface area contributed by atoms with Crippen molar-refractivity contribution in [3.8, 4) is 6.07 Å². The van der Waals surface area contributed by atoms with E-state index >= 15 is 0 Å². The van der Waals surface area contributed by atoms with Crippen LogP contribution in [-0.4, -0.2) is 18.9 Å². The highest BCUT2D eigenvalue weighted by molar-refractivity contribution is 9.10. The number of benzene rings is 1. The van der Waals surface area contributed by atoms with Gasteiger partial charge in [0.05, 0.1) is 12.6 Å². The first-order valence-electron chi connectivity index (χ1n) is 4.63. The molecule has 1 saturated heterocycles. The van der Waals surface area contributed by atoms with E-state index in [0.717, 1.165) is 10.2 Å². The van der Waals surface area contributed by atoms with E-state index in [0.29, 0.717) is 13.1 Å². The lowest BCUT2D eigenvalue weighted by Crippen LogP contribution is -2.19. The number of hydrogen-bond donors (Lipinski definition) is 0. The largest absolute Gasteiger partial charge is 0.362 e. The molecule has 0 saturated carbocycles. The monoisotopic (exact) mass is 264 g/mol. The van der Waals surface area contributed by atoms with Gasteiger partial charge in [0.1, 0.15) is 5.92 Å². The van der Waals surface area contributed by atoms with Crippen LogP contribution < -0.4 is 4.90 Å². The van der Waals surface area contributed by atoms with Gasteiger partial charge in [0.2, 0.25) is 0 Å². The Balaban J connectivity index is 2.18. The minimum Gasteiger partial charge on any atom is -0.362 e. The fourth-order valence-electron chi connectivity index (χ4n) is 1.65. The molecule has 1 fully saturated rings. The Morgan fingerprint density at radius 1 is 1.40 bits per heavy atom. The van der Waals surface area contributed by atoms with Crippen LogP contribution in [0.5, 0.6) is 0 Å². The van der Waals surface area contributed by atoms with Gasteiger partial charge in [-0.1, -0.05) is 15.9 Å². The van der Waals surface area contributed by atoms with Crippen LogP contribution in [0.2, 0.25) is 0 Å². The summed E-state index contributed by atoms with van der Waals surface area (Å²) in [4.78, 5) is 13.3. The van der Waals surface area contributed by atoms with Crippen molar-refractivity contribution < 1.29 is 4.79 Å². The summed E-state index contributed by atoms with van der Waals surface area (Å²) in [6.07, 6.45) is 0. The van der Waals surface area contributed by atoms with Crippen molar-refractivity contribution in [2.75, 3.05) is 18.0 Å². The van der Waals surface area contributed by atoms with Crippen molar-refractivity contribution in [2.45, 2.75) is 0 Å². The highest BCUT2D eigenvalue weighted by Gasteiger charge is 2.30. The second kappa shape index (κ2) is 4.03. The molecule has 0 aromatic heterocycles. The highest BCUT2D eigenvalue weighted by atomic mass is 79.9. The fourth-order valence-corrected chi connectivity index (χ4v) is 1.91. The first-order valence-corrected chi connectivity index (χ1v) is 5.43. The third kappa shape index (κ3) is 2.02. The summed E-state index contributed by atoms with van der Waals surface area (Å²) >= 11 is 3.35. The van der Waals surface area contributed by atoms with Crippen molar-refractivity contribution >= 4 is 27.4 Å². The maximum Gasteiger partial charge on any atom is 0.170 e. The summed E-state index contributed by atoms with van der Waals surface area (Å²) in [6.45, 7) is 0.858. The SMILES string of the molecule is N#C[C@@H]1CN(c2ccc(Br)cc2)CC1=O. The highest BCUT2D eigenvalue weighted by Crippen LogP contribution is 2.23. The molecule has 4 heteroatoms. The molecule has 1 aromatic rings. The maximum atomic E-state index is 11.4. The Kier molecular flexibility index (Phi) is 2.74. The summed E-state index contributed by atoms with van der Waals surface area (Å²) in [6, 6.07) is 9.77. The maximum absolute atomic E-state index is 11.4. The van der Waals surface area contributed by atoms with E-state index in [9.17, 15) is 4.79 Å². The molecule has 15 heavy (non-hydrogen) atoms. The zero-order valence-electron chi connectivity index (χ0n) is 7.98. The molecule has 0 aliphatic carbocycles. The quantitative estimate of drug-likeness (QED) is 0.779. The number of anilines is 1. The topological polar surface area (TPSA) is 44.1 Å². The van der Waals surface area contributed by atoms with Gasteiger partial charge in [-0.15, -0.1) is 0 Å². The lowest BCUT2D eigenvalue weighted by Gasteiger charge is -2.16. The Morgan fingerprint density at radius 3 is 2.60 bits per heavy atom. The molecule has 0 N–H and O–H groups in total. The molecule has 0 bridgehead atoms. The molecule has 0 unspecified atom stereocenters. The summed E-state index contributed by atoms with van der Waals surface area (Å²) in [7, 11) is 0. The molecule has 2 rings (SSSR count). The van der Waals surface area contributed by atoms with E-state index < -0.39 is 5.92 Å². The lowest BCUT2D eigenvalue weighted by molar-refractivity contribution is -0.118. The van der Waals surface area contributed by atoms with Gasteiger partial charge < -0.3 is 4.90 Å². The first kappa shape index (κ1) is 10.2. The first-order chi connectivity index (χ1) is 7.20. The molecule has 1 aliphatic rings. The van der Waals surface area contributed by atoms with Crippen LogP contribution >= 0.6 is 15.9 Å². The van der Waals surface area contributed by atoms with Gasteiger partial charge in [-0.05, 0) is 24.3 Å². The second-order valence-electron chi connectivity index (χ2n) is 3.50. The zero-order chi connectivity index (χ0) is 10.8. The van der Waals surface area contributed by atoms with Crippen molar-refractivity contribution in [3.63, 3.8) is 0 Å². The van der Waals surface area contributed by atoms with Crippen LogP contribution in [0.25, 0.3) is 0 Å². The zero-order valence-corrected chi connectivity index (χ0v) is 9.57. The second-order valence-corrected chi connectivity index (χ2v) is 4.42. The third-order valence-corrected chi connectivity index (χ3v) is 3.01. The van der Waals surface area contributed by atoms with E-state index in [2.05, 4.69) is 15.9 Å². The summed E-state index contributed by atoms with van der Waals surface area (Å²) < 4.78 is 1.01. The van der Waals surface area contributed by atoms with Gasteiger partial charge in [-0.25, -0.2) is 0 Å². The number of nitriles is 1. The number of hydrogen-bond acceptors (Lipinski definition) is 3. The molecular formula is C11H9BrN2O. The van der Waals surface area contributed by atoms with Crippen LogP contribution in [0.15, 0.2) is 28.7 Å². The Morgan fingerprint density at radius 2 is 2.07 bits per heavy atom. The fraction of sp³-hybridized carbons (Fsp3) is 0.273. The van der Waals surface area contributed by atoms with Crippen LogP contribution in [-0.2, 0) is 4.79 Å². The molecule has 0 spiro atoms. The predicted octanol–water partition coefficient (Wildman–Crippen LogP) is 1.98. The molecule has 76 valence electrons. The standard InChI is InChI=1S/C11H9BrN2O/c12-9-1-3-10(4-2-9)14-6-8(5-13)11(15)7-14/h1-4,8H,6-7H2/t8-/m1/s1. The summed E-state index contributed by atoms with van der Waals surface area (Å²) in [5.41, 5.74) is 0.990. The molecule has 1 heterocycles. The number of ketones is 1. The van der Waals surface area contributed by atoms with Gasteiger partial charge in [0.25, 0.3) is 0 Å². The van der Waals surface area contributed by atoms with E-state index in [1.165, 1.54) is 0 Å². The molecule has 1 aromatic carbocycles. The summed E-state index contributed by atoms with van der Waals surface area (Å²) in [5.74, 6) is -0.450. The minimum atomic E-state index is -0.464. The van der Waals surface area contributed by atoms with Crippen molar-refractivity contribution in [3.05, 3.63) is 28.7 Å². The Labute approximate surface area is 96.4 Å². The van der Waals surface area contributed by atoms with Crippen molar-refractivity contribution in [2.24, 2.45) is 5.92 Å². The molecule has 1 aliphatic heterocycles. The Hall–Kier alpha value is -1.34. The van der Waals surface area contributed by atoms with E-state index in [1.54, 1.807) is 0 Å². The molecular weight excluding hydrogens is 256 g/mol. The van der Waals surface area contributed by atoms with E-state index in [4.69, 9.17) is 5.26 Å². The Bertz CT molecular complexity index is 421. The van der Waals surface area contributed by atoms with Crippen LogP contribution in [0.1, 0.15) is 0 Å². The predicted molar refractivity (Wildman–Crippen MR) is 60.5 cm³/mol. The number of halogens is 1. The molecule has 1 atom stereocenters. The van der Waals surface area contributed by atoms with Gasteiger partial charge in [0.15, 0.2) is 5.78 Å². The smallest absolute Gasteiger partial charge is 0.170 e. The van der Waals surface area contributed by atoms with E-state index in [-0.39, 0.29) is 5.78 Å². The summed E-state index contributed by atoms with van der Waals surface area (Å²) in [5, 5.41) is 8.74. The van der Waals surface area contributed by atoms with Crippen LogP contribution in [0, 0.1) is 17.2 Å². The van der Waals surface area contributed by atoms with Gasteiger partial charge in [-0.3, -0.25) is 4.79 Å². The minimum absolute atomic E-state index is 0.0143. The number of carbonyl (C=O) groups excluding carboxylic acids is 1.